The number of anilines is 2. The molecule has 4 rings (SSSR count). The van der Waals surface area contributed by atoms with Crippen LogP contribution in [0, 0.1) is 6.92 Å². The van der Waals surface area contributed by atoms with Crippen molar-refractivity contribution in [2.75, 3.05) is 16.3 Å². The molecule has 0 aliphatic carbocycles. The Bertz CT molecular complexity index is 1290. The molecule has 0 bridgehead atoms. The van der Waals surface area contributed by atoms with Gasteiger partial charge in [0.05, 0.1) is 22.5 Å². The number of thiazole rings is 2. The molecule has 0 atom stereocenters. The van der Waals surface area contributed by atoms with Crippen molar-refractivity contribution in [3.8, 4) is 21.1 Å². The molecule has 0 spiro atoms. The van der Waals surface area contributed by atoms with Gasteiger partial charge in [-0.25, -0.2) is 18.4 Å². The van der Waals surface area contributed by atoms with E-state index in [0.717, 1.165) is 21.7 Å². The molecule has 1 aromatic carbocycles. The van der Waals surface area contributed by atoms with Gasteiger partial charge in [-0.05, 0) is 30.5 Å². The van der Waals surface area contributed by atoms with Crippen molar-refractivity contribution < 1.29 is 13.2 Å². The van der Waals surface area contributed by atoms with Gasteiger partial charge in [0, 0.05) is 16.6 Å². The average Bonchev–Trinajstić information content (AvgIpc) is 3.41. The van der Waals surface area contributed by atoms with Crippen molar-refractivity contribution >= 4 is 60.8 Å². The number of hydrogen-bond donors (Lipinski definition) is 2. The Kier molecular flexibility index (Phi) is 5.69. The zero-order valence-corrected chi connectivity index (χ0v) is 19.1. The van der Waals surface area contributed by atoms with Gasteiger partial charge < -0.3 is 0 Å². The van der Waals surface area contributed by atoms with Crippen LogP contribution in [0.5, 0.6) is 0 Å². The van der Waals surface area contributed by atoms with E-state index in [2.05, 4.69) is 20.0 Å². The summed E-state index contributed by atoms with van der Waals surface area (Å²) in [6, 6.07) is 10.8. The zero-order valence-electron chi connectivity index (χ0n) is 15.9. The number of nitrogens with one attached hydrogen (secondary N) is 2. The molecule has 2 N–H and O–H groups in total. The van der Waals surface area contributed by atoms with Crippen molar-refractivity contribution in [3.63, 3.8) is 0 Å². The fraction of sp³-hybridized carbons (Fsp3) is 0.105. The molecule has 0 fully saturated rings. The maximum absolute atomic E-state index is 12.7. The molecule has 0 saturated carbocycles. The van der Waals surface area contributed by atoms with Crippen LogP contribution in [0.3, 0.4) is 0 Å². The first kappa shape index (κ1) is 20.7. The lowest BCUT2D eigenvalue weighted by molar-refractivity contribution is 0.103. The second-order valence-electron chi connectivity index (χ2n) is 6.35. The Labute approximate surface area is 185 Å². The molecule has 3 aromatic heterocycles. The molecule has 0 saturated heterocycles. The first-order chi connectivity index (χ1) is 14.3. The SMILES string of the molecule is Cc1nc(-c2cccs2)sc1C(=O)Nc1nc(-c2ccc(NS(C)(=O)=O)cc2)cs1. The number of aromatic nitrogens is 2. The molecule has 0 aliphatic heterocycles. The zero-order chi connectivity index (χ0) is 21.3. The third kappa shape index (κ3) is 4.75. The summed E-state index contributed by atoms with van der Waals surface area (Å²) in [7, 11) is -3.32. The summed E-state index contributed by atoms with van der Waals surface area (Å²) >= 11 is 4.27. The Hall–Kier alpha value is -2.60. The lowest BCUT2D eigenvalue weighted by Crippen LogP contribution is -2.11. The summed E-state index contributed by atoms with van der Waals surface area (Å²) in [5.74, 6) is -0.235. The predicted octanol–water partition coefficient (Wildman–Crippen LogP) is 4.93. The third-order valence-corrected chi connectivity index (χ3v) is 7.50. The number of hydrogen-bond acceptors (Lipinski definition) is 8. The van der Waals surface area contributed by atoms with Crippen LogP contribution in [0.15, 0.2) is 47.2 Å². The number of rotatable bonds is 6. The third-order valence-electron chi connectivity index (χ3n) is 3.94. The van der Waals surface area contributed by atoms with Crippen LogP contribution in [0.1, 0.15) is 15.4 Å². The molecule has 1 amide bonds. The summed E-state index contributed by atoms with van der Waals surface area (Å²) in [5, 5.41) is 7.97. The number of nitrogens with zero attached hydrogens (tertiary/aromatic N) is 2. The fourth-order valence-corrected chi connectivity index (χ4v) is 5.69. The summed E-state index contributed by atoms with van der Waals surface area (Å²) in [6.45, 7) is 1.82. The highest BCUT2D eigenvalue weighted by molar-refractivity contribution is 7.92. The summed E-state index contributed by atoms with van der Waals surface area (Å²) in [4.78, 5) is 23.3. The normalized spacial score (nSPS) is 11.4. The van der Waals surface area contributed by atoms with Crippen LogP contribution >= 0.6 is 34.0 Å². The molecule has 4 aromatic rings. The number of sulfonamides is 1. The summed E-state index contributed by atoms with van der Waals surface area (Å²) in [5.41, 5.74) is 2.68. The van der Waals surface area contributed by atoms with E-state index in [1.54, 1.807) is 35.6 Å². The highest BCUT2D eigenvalue weighted by Gasteiger charge is 2.18. The minimum atomic E-state index is -3.32. The van der Waals surface area contributed by atoms with Gasteiger partial charge in [-0.2, -0.15) is 0 Å². The molecule has 11 heteroatoms. The summed E-state index contributed by atoms with van der Waals surface area (Å²) in [6.07, 6.45) is 1.10. The lowest BCUT2D eigenvalue weighted by atomic mass is 10.1. The number of aryl methyl sites for hydroxylation is 1. The largest absolute Gasteiger partial charge is 0.297 e. The monoisotopic (exact) mass is 476 g/mol. The Morgan fingerprint density at radius 3 is 2.50 bits per heavy atom. The van der Waals surface area contributed by atoms with Crippen molar-refractivity contribution in [3.05, 3.63) is 57.7 Å². The van der Waals surface area contributed by atoms with Gasteiger partial charge in [-0.1, -0.05) is 18.2 Å². The number of carbonyl (C=O) groups excluding carboxylic acids is 1. The highest BCUT2D eigenvalue weighted by atomic mass is 32.2. The molecular formula is C19H16N4O3S4. The van der Waals surface area contributed by atoms with Gasteiger partial charge in [-0.3, -0.25) is 14.8 Å². The van der Waals surface area contributed by atoms with Gasteiger partial charge >= 0.3 is 0 Å². The number of amides is 1. The second-order valence-corrected chi connectivity index (χ2v) is 10.9. The van der Waals surface area contributed by atoms with Gasteiger partial charge in [0.2, 0.25) is 10.0 Å². The Balaban J connectivity index is 1.48. The molecule has 3 heterocycles. The van der Waals surface area contributed by atoms with Gasteiger partial charge in [-0.15, -0.1) is 34.0 Å². The average molecular weight is 477 g/mol. The molecule has 30 heavy (non-hydrogen) atoms. The molecule has 7 nitrogen and oxygen atoms in total. The van der Waals surface area contributed by atoms with Gasteiger partial charge in [0.25, 0.3) is 5.91 Å². The quantitative estimate of drug-likeness (QED) is 0.411. The lowest BCUT2D eigenvalue weighted by Gasteiger charge is -2.04. The number of carbonyl (C=O) groups is 1. The van der Waals surface area contributed by atoms with Crippen molar-refractivity contribution in [1.82, 2.24) is 9.97 Å². The molecule has 0 radical (unpaired) electrons. The maximum atomic E-state index is 12.7. The highest BCUT2D eigenvalue weighted by Crippen LogP contribution is 2.32. The van der Waals surface area contributed by atoms with E-state index in [4.69, 9.17) is 0 Å². The van der Waals surface area contributed by atoms with E-state index in [0.29, 0.717) is 27.1 Å². The van der Waals surface area contributed by atoms with Gasteiger partial charge in [0.15, 0.2) is 5.13 Å². The maximum Gasteiger partial charge on any atom is 0.269 e. The van der Waals surface area contributed by atoms with Crippen LogP contribution in [0.25, 0.3) is 21.1 Å². The van der Waals surface area contributed by atoms with Crippen LogP contribution < -0.4 is 10.0 Å². The first-order valence-electron chi connectivity index (χ1n) is 8.65. The Morgan fingerprint density at radius 1 is 1.07 bits per heavy atom. The standard InChI is InChI=1S/C19H16N4O3S4/c1-11-16(29-18(20-11)15-4-3-9-27-15)17(24)22-19-21-14(10-28-19)12-5-7-13(8-6-12)23-30(2,25)26/h3-10,23H,1-2H3,(H,21,22,24). The molecule has 0 unspecified atom stereocenters. The number of thiophene rings is 1. The topological polar surface area (TPSA) is 101 Å². The van der Waals surface area contributed by atoms with E-state index in [1.165, 1.54) is 22.7 Å². The Morgan fingerprint density at radius 2 is 1.83 bits per heavy atom. The van der Waals surface area contributed by atoms with Crippen molar-refractivity contribution in [2.45, 2.75) is 6.92 Å². The first-order valence-corrected chi connectivity index (χ1v) is 13.1. The second kappa shape index (κ2) is 8.26. The van der Waals surface area contributed by atoms with E-state index in [9.17, 15) is 13.2 Å². The van der Waals surface area contributed by atoms with Crippen LogP contribution in [0.4, 0.5) is 10.8 Å². The van der Waals surface area contributed by atoms with Crippen LogP contribution in [-0.4, -0.2) is 30.5 Å². The van der Waals surface area contributed by atoms with E-state index in [-0.39, 0.29) is 5.91 Å². The molecular weight excluding hydrogens is 461 g/mol. The number of benzene rings is 1. The van der Waals surface area contributed by atoms with Crippen LogP contribution in [0.2, 0.25) is 0 Å². The van der Waals surface area contributed by atoms with Crippen LogP contribution in [-0.2, 0) is 10.0 Å². The summed E-state index contributed by atoms with van der Waals surface area (Å²) < 4.78 is 25.0. The predicted molar refractivity (Wildman–Crippen MR) is 124 cm³/mol. The smallest absolute Gasteiger partial charge is 0.269 e. The van der Waals surface area contributed by atoms with Crippen molar-refractivity contribution in [2.24, 2.45) is 0 Å². The fourth-order valence-electron chi connectivity index (χ4n) is 2.65. The van der Waals surface area contributed by atoms with E-state index in [1.807, 2.05) is 29.8 Å². The minimum Gasteiger partial charge on any atom is -0.297 e. The molecule has 0 aliphatic rings. The van der Waals surface area contributed by atoms with Crippen molar-refractivity contribution in [1.29, 1.82) is 0 Å². The minimum absolute atomic E-state index is 0.235. The molecule has 154 valence electrons. The van der Waals surface area contributed by atoms with Gasteiger partial charge in [0.1, 0.15) is 9.88 Å². The van der Waals surface area contributed by atoms with E-state index < -0.39 is 10.0 Å². The van der Waals surface area contributed by atoms with E-state index >= 15 is 0 Å².